The highest BCUT2D eigenvalue weighted by Crippen LogP contribution is 2.30. The summed E-state index contributed by atoms with van der Waals surface area (Å²) < 4.78 is 84.1. The number of benzene rings is 1. The predicted molar refractivity (Wildman–Crippen MR) is 118 cm³/mol. The molecular formula is C22H27F4N3O4S. The molecule has 1 aromatic carbocycles. The van der Waals surface area contributed by atoms with Gasteiger partial charge in [-0.3, -0.25) is 4.79 Å². The number of aromatic nitrogens is 1. The highest BCUT2D eigenvalue weighted by atomic mass is 32.2. The molecule has 0 aliphatic heterocycles. The smallest absolute Gasteiger partial charge is 0.433 e. The van der Waals surface area contributed by atoms with Gasteiger partial charge in [-0.1, -0.05) is 12.1 Å². The van der Waals surface area contributed by atoms with Crippen LogP contribution in [0.1, 0.15) is 56.0 Å². The molecule has 34 heavy (non-hydrogen) atoms. The third-order valence-corrected chi connectivity index (χ3v) is 6.21. The van der Waals surface area contributed by atoms with E-state index in [0.29, 0.717) is 5.56 Å². The first-order valence-electron chi connectivity index (χ1n) is 10.5. The topological polar surface area (TPSA) is 97.4 Å². The Labute approximate surface area is 196 Å². The molecule has 2 rings (SSSR count). The second kappa shape index (κ2) is 11.1. The number of pyridine rings is 1. The largest absolute Gasteiger partial charge is 0.475 e. The van der Waals surface area contributed by atoms with Crippen LogP contribution in [-0.2, 0) is 34.1 Å². The molecule has 12 heteroatoms. The second-order valence-electron chi connectivity index (χ2n) is 7.84. The molecule has 0 saturated carbocycles. The Morgan fingerprint density at radius 3 is 2.29 bits per heavy atom. The molecule has 0 spiro atoms. The molecular weight excluding hydrogens is 478 g/mol. The Bertz CT molecular complexity index is 1120. The first-order chi connectivity index (χ1) is 15.7. The van der Waals surface area contributed by atoms with Gasteiger partial charge in [0.1, 0.15) is 11.5 Å². The zero-order valence-electron chi connectivity index (χ0n) is 19.2. The van der Waals surface area contributed by atoms with Crippen LogP contribution in [0, 0.1) is 5.82 Å². The van der Waals surface area contributed by atoms with Gasteiger partial charge in [-0.05, 0) is 51.5 Å². The van der Waals surface area contributed by atoms with Crippen molar-refractivity contribution in [2.75, 3.05) is 5.75 Å². The fourth-order valence-corrected chi connectivity index (χ4v) is 3.42. The van der Waals surface area contributed by atoms with E-state index in [-0.39, 0.29) is 35.8 Å². The van der Waals surface area contributed by atoms with E-state index in [4.69, 9.17) is 4.74 Å². The van der Waals surface area contributed by atoms with Crippen molar-refractivity contribution in [1.82, 2.24) is 15.0 Å². The van der Waals surface area contributed by atoms with Crippen LogP contribution in [0.4, 0.5) is 17.6 Å². The number of alkyl halides is 3. The maximum absolute atomic E-state index is 14.4. The Hall–Kier alpha value is -2.73. The summed E-state index contributed by atoms with van der Waals surface area (Å²) in [6.45, 7) is 5.91. The van der Waals surface area contributed by atoms with Gasteiger partial charge >= 0.3 is 6.18 Å². The Morgan fingerprint density at radius 1 is 1.09 bits per heavy atom. The molecule has 1 amide bonds. The molecule has 0 aliphatic carbocycles. The predicted octanol–water partition coefficient (Wildman–Crippen LogP) is 3.89. The van der Waals surface area contributed by atoms with Crippen LogP contribution in [-0.4, -0.2) is 31.2 Å². The minimum atomic E-state index is -4.64. The van der Waals surface area contributed by atoms with Gasteiger partial charge in [0.05, 0.1) is 17.8 Å². The molecule has 188 valence electrons. The lowest BCUT2D eigenvalue weighted by Crippen LogP contribution is -2.28. The number of hydrogen-bond donors (Lipinski definition) is 2. The van der Waals surface area contributed by atoms with Gasteiger partial charge in [-0.2, -0.15) is 13.2 Å². The van der Waals surface area contributed by atoms with Crippen molar-refractivity contribution in [1.29, 1.82) is 0 Å². The van der Waals surface area contributed by atoms with Crippen molar-refractivity contribution in [3.8, 4) is 5.88 Å². The average Bonchev–Trinajstić information content (AvgIpc) is 2.75. The molecule has 0 saturated heterocycles. The summed E-state index contributed by atoms with van der Waals surface area (Å²) in [6, 6.07) is 6.03. The van der Waals surface area contributed by atoms with E-state index in [9.17, 15) is 30.8 Å². The number of nitrogens with one attached hydrogen (secondary N) is 2. The highest BCUT2D eigenvalue weighted by molar-refractivity contribution is 7.89. The molecule has 2 N–H and O–H groups in total. The number of ether oxygens (including phenoxy) is 1. The van der Waals surface area contributed by atoms with Crippen LogP contribution in [0.2, 0.25) is 0 Å². The minimum Gasteiger partial charge on any atom is -0.475 e. The van der Waals surface area contributed by atoms with Crippen molar-refractivity contribution in [2.45, 2.75) is 59.0 Å². The number of halogens is 4. The summed E-state index contributed by atoms with van der Waals surface area (Å²) >= 11 is 0. The van der Waals surface area contributed by atoms with E-state index in [1.807, 2.05) is 0 Å². The molecule has 0 bridgehead atoms. The van der Waals surface area contributed by atoms with E-state index in [1.54, 1.807) is 20.8 Å². The van der Waals surface area contributed by atoms with Crippen molar-refractivity contribution in [2.24, 2.45) is 0 Å². The van der Waals surface area contributed by atoms with Gasteiger partial charge in [-0.25, -0.2) is 22.5 Å². The van der Waals surface area contributed by atoms with Crippen molar-refractivity contribution in [3.05, 3.63) is 58.5 Å². The van der Waals surface area contributed by atoms with Crippen molar-refractivity contribution < 1.29 is 35.5 Å². The molecule has 1 heterocycles. The van der Waals surface area contributed by atoms with Crippen LogP contribution in [0.25, 0.3) is 0 Å². The van der Waals surface area contributed by atoms with E-state index in [0.717, 1.165) is 12.1 Å². The number of nitrogens with zero attached hydrogens (tertiary/aromatic N) is 1. The number of amides is 1. The van der Waals surface area contributed by atoms with Gasteiger partial charge in [0, 0.05) is 24.2 Å². The highest BCUT2D eigenvalue weighted by Gasteiger charge is 2.33. The quantitative estimate of drug-likeness (QED) is 0.478. The maximum Gasteiger partial charge on any atom is 0.433 e. The molecule has 7 nitrogen and oxygen atoms in total. The van der Waals surface area contributed by atoms with Gasteiger partial charge < -0.3 is 10.1 Å². The lowest BCUT2D eigenvalue weighted by Gasteiger charge is -2.17. The zero-order valence-corrected chi connectivity index (χ0v) is 20.0. The third-order valence-electron chi connectivity index (χ3n) is 4.86. The van der Waals surface area contributed by atoms with Crippen LogP contribution in [0.5, 0.6) is 5.88 Å². The lowest BCUT2D eigenvalue weighted by molar-refractivity contribution is -0.141. The molecule has 1 atom stereocenters. The van der Waals surface area contributed by atoms with E-state index < -0.39 is 45.6 Å². The molecule has 0 aliphatic rings. The van der Waals surface area contributed by atoms with Gasteiger partial charge in [0.15, 0.2) is 0 Å². The first kappa shape index (κ1) is 27.5. The lowest BCUT2D eigenvalue weighted by atomic mass is 9.98. The fourth-order valence-electron chi connectivity index (χ4n) is 2.84. The van der Waals surface area contributed by atoms with Crippen LogP contribution < -0.4 is 14.8 Å². The third kappa shape index (κ3) is 7.66. The molecule has 1 unspecified atom stereocenters. The molecule has 1 aromatic heterocycles. The van der Waals surface area contributed by atoms with E-state index in [1.165, 1.54) is 25.1 Å². The van der Waals surface area contributed by atoms with E-state index in [2.05, 4.69) is 15.0 Å². The summed E-state index contributed by atoms with van der Waals surface area (Å²) in [4.78, 5) is 16.1. The minimum absolute atomic E-state index is 0.125. The SMILES string of the molecule is CCS(=O)(=O)NCc1ccc(C(C)C(=O)NCc2ccc(C(F)(F)F)nc2OC(C)C)cc1F. The summed E-state index contributed by atoms with van der Waals surface area (Å²) in [6.07, 6.45) is -5.08. The Morgan fingerprint density at radius 2 is 1.74 bits per heavy atom. The number of sulfonamides is 1. The molecule has 0 radical (unpaired) electrons. The van der Waals surface area contributed by atoms with Crippen molar-refractivity contribution >= 4 is 15.9 Å². The number of hydrogen-bond acceptors (Lipinski definition) is 5. The van der Waals surface area contributed by atoms with Crippen LogP contribution >= 0.6 is 0 Å². The number of rotatable bonds is 10. The summed E-state index contributed by atoms with van der Waals surface area (Å²) in [7, 11) is -3.49. The van der Waals surface area contributed by atoms with Crippen LogP contribution in [0.15, 0.2) is 30.3 Å². The molecule has 2 aromatic rings. The standard InChI is InChI=1S/C22H27F4N3O4S/c1-5-34(31,32)28-12-16-7-6-15(10-18(16)23)14(4)20(30)27-11-17-8-9-19(22(24,25)26)29-21(17)33-13(2)3/h6-10,13-14,28H,5,11-12H2,1-4H3,(H,27,30). The monoisotopic (exact) mass is 505 g/mol. The van der Waals surface area contributed by atoms with Gasteiger partial charge in [0.25, 0.3) is 0 Å². The zero-order chi connectivity index (χ0) is 25.7. The Kier molecular flexibility index (Phi) is 9.01. The average molecular weight is 506 g/mol. The normalized spacial score (nSPS) is 13.1. The molecule has 0 fully saturated rings. The van der Waals surface area contributed by atoms with Gasteiger partial charge in [-0.15, -0.1) is 0 Å². The summed E-state index contributed by atoms with van der Waals surface area (Å²) in [5, 5.41) is 2.60. The van der Waals surface area contributed by atoms with Gasteiger partial charge in [0.2, 0.25) is 21.8 Å². The second-order valence-corrected chi connectivity index (χ2v) is 9.94. The number of carbonyl (C=O) groups is 1. The summed E-state index contributed by atoms with van der Waals surface area (Å²) in [5.41, 5.74) is -0.378. The Balaban J connectivity index is 2.11. The van der Waals surface area contributed by atoms with Crippen LogP contribution in [0.3, 0.4) is 0 Å². The number of carbonyl (C=O) groups excluding carboxylic acids is 1. The first-order valence-corrected chi connectivity index (χ1v) is 12.2. The van der Waals surface area contributed by atoms with Crippen molar-refractivity contribution in [3.63, 3.8) is 0 Å². The van der Waals surface area contributed by atoms with E-state index >= 15 is 0 Å². The maximum atomic E-state index is 14.4. The summed E-state index contributed by atoms with van der Waals surface area (Å²) in [5.74, 6) is -2.32. The fraction of sp³-hybridized carbons (Fsp3) is 0.455.